The van der Waals surface area contributed by atoms with E-state index in [0.717, 1.165) is 22.8 Å². The summed E-state index contributed by atoms with van der Waals surface area (Å²) in [6.07, 6.45) is 0. The van der Waals surface area contributed by atoms with Gasteiger partial charge in [0.1, 0.15) is 9.75 Å². The number of hydrogen-bond donors (Lipinski definition) is 0. The maximum absolute atomic E-state index is 13.5. The summed E-state index contributed by atoms with van der Waals surface area (Å²) in [5.74, 6) is 0.0415. The van der Waals surface area contributed by atoms with Crippen LogP contribution in [-0.4, -0.2) is 34.4 Å². The first-order chi connectivity index (χ1) is 13.9. The van der Waals surface area contributed by atoms with Gasteiger partial charge in [0.2, 0.25) is 0 Å². The van der Waals surface area contributed by atoms with Gasteiger partial charge in [-0.1, -0.05) is 26.0 Å². The van der Waals surface area contributed by atoms with Gasteiger partial charge in [-0.05, 0) is 31.9 Å². The third kappa shape index (κ3) is 3.36. The van der Waals surface area contributed by atoms with Crippen LogP contribution >= 0.6 is 22.7 Å². The molecule has 2 aromatic heterocycles. The van der Waals surface area contributed by atoms with Gasteiger partial charge in [-0.3, -0.25) is 9.59 Å². The number of carbonyl (C=O) groups excluding carboxylic acids is 2. The van der Waals surface area contributed by atoms with Crippen LogP contribution < -0.4 is 9.80 Å². The number of amides is 2. The molecule has 29 heavy (non-hydrogen) atoms. The number of benzene rings is 1. The Morgan fingerprint density at radius 2 is 1.52 bits per heavy atom. The minimum absolute atomic E-state index is 0.0581. The molecule has 1 atom stereocenters. The van der Waals surface area contributed by atoms with Crippen molar-refractivity contribution in [1.29, 1.82) is 0 Å². The Labute approximate surface area is 177 Å². The van der Waals surface area contributed by atoms with Crippen molar-refractivity contribution in [3.63, 3.8) is 0 Å². The van der Waals surface area contributed by atoms with Crippen molar-refractivity contribution in [2.45, 2.75) is 33.7 Å². The van der Waals surface area contributed by atoms with Crippen molar-refractivity contribution in [3.05, 3.63) is 56.4 Å². The molecule has 1 aromatic carbocycles. The molecule has 0 spiro atoms. The van der Waals surface area contributed by atoms with Crippen molar-refractivity contribution in [2.24, 2.45) is 5.92 Å². The van der Waals surface area contributed by atoms with E-state index in [0.29, 0.717) is 16.3 Å². The lowest BCUT2D eigenvalue weighted by molar-refractivity contribution is 0.0946. The largest absolute Gasteiger partial charge is 0.303 e. The fourth-order valence-corrected chi connectivity index (χ4v) is 5.14. The van der Waals surface area contributed by atoms with E-state index in [-0.39, 0.29) is 23.8 Å². The lowest BCUT2D eigenvalue weighted by Crippen LogP contribution is -2.55. The summed E-state index contributed by atoms with van der Waals surface area (Å²) in [6, 6.07) is 7.48. The zero-order valence-corrected chi connectivity index (χ0v) is 18.4. The van der Waals surface area contributed by atoms with Crippen LogP contribution in [-0.2, 0) is 0 Å². The molecule has 0 N–H and O–H groups in total. The van der Waals surface area contributed by atoms with Gasteiger partial charge in [-0.15, -0.1) is 22.7 Å². The Bertz CT molecular complexity index is 1070. The van der Waals surface area contributed by atoms with Gasteiger partial charge in [-0.2, -0.15) is 0 Å². The van der Waals surface area contributed by atoms with E-state index in [1.165, 1.54) is 22.7 Å². The number of anilines is 2. The maximum atomic E-state index is 13.5. The Morgan fingerprint density at radius 3 is 2.03 bits per heavy atom. The first kappa shape index (κ1) is 19.7. The predicted octanol–water partition coefficient (Wildman–Crippen LogP) is 4.55. The number of carbonyl (C=O) groups is 2. The van der Waals surface area contributed by atoms with E-state index in [1.54, 1.807) is 15.9 Å². The minimum Gasteiger partial charge on any atom is -0.303 e. The van der Waals surface area contributed by atoms with Crippen LogP contribution in [0.25, 0.3) is 0 Å². The second kappa shape index (κ2) is 7.68. The number of aryl methyl sites for hydroxylation is 2. The van der Waals surface area contributed by atoms with Crippen LogP contribution in [0.1, 0.15) is 44.6 Å². The molecule has 1 aliphatic rings. The van der Waals surface area contributed by atoms with Crippen molar-refractivity contribution in [1.82, 2.24) is 9.97 Å². The number of nitrogens with zero attached hydrogens (tertiary/aromatic N) is 4. The molecule has 3 aromatic rings. The molecule has 0 bridgehead atoms. The zero-order valence-electron chi connectivity index (χ0n) is 16.7. The Kier molecular flexibility index (Phi) is 5.23. The SMILES string of the molecule is Cc1ncsc1C(=O)N1C[C@@H](C(C)C)N(C(=O)c2scnc2C)c2ccccc21. The van der Waals surface area contributed by atoms with Crippen molar-refractivity contribution >= 4 is 45.9 Å². The van der Waals surface area contributed by atoms with E-state index in [1.807, 2.05) is 43.0 Å². The topological polar surface area (TPSA) is 66.4 Å². The lowest BCUT2D eigenvalue weighted by atomic mass is 9.96. The average Bonchev–Trinajstić information content (AvgIpc) is 3.33. The van der Waals surface area contributed by atoms with E-state index in [9.17, 15) is 9.59 Å². The smallest absolute Gasteiger partial charge is 0.270 e. The molecule has 3 heterocycles. The third-order valence-corrected chi connectivity index (χ3v) is 7.08. The molecular formula is C21H22N4O2S2. The predicted molar refractivity (Wildman–Crippen MR) is 117 cm³/mol. The minimum atomic E-state index is -0.143. The highest BCUT2D eigenvalue weighted by Crippen LogP contribution is 2.40. The van der Waals surface area contributed by atoms with E-state index in [4.69, 9.17) is 0 Å². The van der Waals surface area contributed by atoms with Crippen LogP contribution in [0, 0.1) is 19.8 Å². The first-order valence-corrected chi connectivity index (χ1v) is 11.2. The molecule has 8 heteroatoms. The molecule has 0 aliphatic carbocycles. The van der Waals surface area contributed by atoms with Gasteiger partial charge in [0, 0.05) is 6.54 Å². The molecule has 0 unspecified atom stereocenters. The zero-order chi connectivity index (χ0) is 20.7. The second-order valence-electron chi connectivity index (χ2n) is 7.42. The molecule has 0 saturated heterocycles. The van der Waals surface area contributed by atoms with Crippen molar-refractivity contribution in [2.75, 3.05) is 16.3 Å². The van der Waals surface area contributed by atoms with Crippen LogP contribution in [0.2, 0.25) is 0 Å². The maximum Gasteiger partial charge on any atom is 0.270 e. The Balaban J connectivity index is 1.82. The van der Waals surface area contributed by atoms with Crippen molar-refractivity contribution < 1.29 is 9.59 Å². The second-order valence-corrected chi connectivity index (χ2v) is 9.13. The third-order valence-electron chi connectivity index (χ3n) is 5.25. The highest BCUT2D eigenvalue weighted by molar-refractivity contribution is 7.12. The molecule has 150 valence electrons. The van der Waals surface area contributed by atoms with Gasteiger partial charge in [0.15, 0.2) is 0 Å². The standard InChI is InChI=1S/C21H22N4O2S2/c1-12(2)17-9-24(20(26)18-13(3)22-10-28-18)15-7-5-6-8-16(15)25(17)21(27)19-14(4)23-11-29-19/h5-8,10-12,17H,9H2,1-4H3/t17-/m0/s1. The summed E-state index contributed by atoms with van der Waals surface area (Å²) in [5, 5.41) is 0. The molecule has 0 radical (unpaired) electrons. The molecule has 0 fully saturated rings. The molecular weight excluding hydrogens is 404 g/mol. The van der Waals surface area contributed by atoms with Crippen LogP contribution in [0.5, 0.6) is 0 Å². The molecule has 0 saturated carbocycles. The fourth-order valence-electron chi connectivity index (χ4n) is 3.65. The summed E-state index contributed by atoms with van der Waals surface area (Å²) in [7, 11) is 0. The van der Waals surface area contributed by atoms with E-state index < -0.39 is 0 Å². The Morgan fingerprint density at radius 1 is 0.966 bits per heavy atom. The summed E-state index contributed by atoms with van der Waals surface area (Å²) in [5.41, 5.74) is 6.37. The molecule has 6 nitrogen and oxygen atoms in total. The molecule has 1 aliphatic heterocycles. The van der Waals surface area contributed by atoms with Gasteiger partial charge in [0.05, 0.1) is 39.8 Å². The van der Waals surface area contributed by atoms with Crippen LogP contribution in [0.15, 0.2) is 35.3 Å². The summed E-state index contributed by atoms with van der Waals surface area (Å²) < 4.78 is 0. The normalized spacial score (nSPS) is 16.2. The Hall–Kier alpha value is -2.58. The monoisotopic (exact) mass is 426 g/mol. The average molecular weight is 427 g/mol. The van der Waals surface area contributed by atoms with Gasteiger partial charge >= 0.3 is 0 Å². The quantitative estimate of drug-likeness (QED) is 0.616. The number of para-hydroxylation sites is 2. The first-order valence-electron chi connectivity index (χ1n) is 9.44. The summed E-state index contributed by atoms with van der Waals surface area (Å²) in [6.45, 7) is 8.31. The molecule has 2 amide bonds. The number of thiazole rings is 2. The van der Waals surface area contributed by atoms with Gasteiger partial charge in [0.25, 0.3) is 11.8 Å². The van der Waals surface area contributed by atoms with Crippen molar-refractivity contribution in [3.8, 4) is 0 Å². The molecule has 4 rings (SSSR count). The van der Waals surface area contributed by atoms with Gasteiger partial charge in [-0.25, -0.2) is 9.97 Å². The highest BCUT2D eigenvalue weighted by Gasteiger charge is 2.40. The summed E-state index contributed by atoms with van der Waals surface area (Å²) >= 11 is 2.71. The van der Waals surface area contributed by atoms with E-state index in [2.05, 4.69) is 23.8 Å². The number of hydrogen-bond acceptors (Lipinski definition) is 6. The number of fused-ring (bicyclic) bond motifs is 1. The summed E-state index contributed by atoms with van der Waals surface area (Å²) in [4.78, 5) is 40.3. The number of rotatable bonds is 3. The van der Waals surface area contributed by atoms with Gasteiger partial charge < -0.3 is 9.80 Å². The van der Waals surface area contributed by atoms with E-state index >= 15 is 0 Å². The highest BCUT2D eigenvalue weighted by atomic mass is 32.1. The fraction of sp³-hybridized carbons (Fsp3) is 0.333. The van der Waals surface area contributed by atoms with Crippen LogP contribution in [0.3, 0.4) is 0 Å². The number of aromatic nitrogens is 2. The van der Waals surface area contributed by atoms with Crippen LogP contribution in [0.4, 0.5) is 11.4 Å². The lowest BCUT2D eigenvalue weighted by Gasteiger charge is -2.44.